The zero-order valence-electron chi connectivity index (χ0n) is 10.4. The fourth-order valence-electron chi connectivity index (χ4n) is 1.49. The van der Waals surface area contributed by atoms with Crippen molar-refractivity contribution < 1.29 is 9.53 Å². The lowest BCUT2D eigenvalue weighted by Crippen LogP contribution is -1.97. The number of benzene rings is 1. The van der Waals surface area contributed by atoms with Gasteiger partial charge in [-0.05, 0) is 43.9 Å². The fourth-order valence-corrected chi connectivity index (χ4v) is 1.49. The Hall–Kier alpha value is -1.57. The second-order valence-corrected chi connectivity index (χ2v) is 4.13. The highest BCUT2D eigenvalue weighted by Crippen LogP contribution is 2.14. The van der Waals surface area contributed by atoms with Crippen molar-refractivity contribution in [1.29, 1.82) is 0 Å². The quantitative estimate of drug-likeness (QED) is 0.506. The van der Waals surface area contributed by atoms with Gasteiger partial charge in [-0.1, -0.05) is 18.2 Å². The maximum Gasteiger partial charge on any atom is 0.130 e. The highest BCUT2D eigenvalue weighted by molar-refractivity contribution is 5.75. The molecule has 0 spiro atoms. The summed E-state index contributed by atoms with van der Waals surface area (Å²) in [4.78, 5) is 10.9. The van der Waals surface area contributed by atoms with E-state index >= 15 is 0 Å². The predicted molar refractivity (Wildman–Crippen MR) is 70.4 cm³/mol. The molecule has 17 heavy (non-hydrogen) atoms. The summed E-state index contributed by atoms with van der Waals surface area (Å²) in [7, 11) is 0. The van der Waals surface area contributed by atoms with E-state index in [1.807, 2.05) is 30.3 Å². The molecule has 92 valence electrons. The number of ketones is 1. The molecule has 0 aliphatic heterocycles. The van der Waals surface area contributed by atoms with Gasteiger partial charge in [0.15, 0.2) is 0 Å². The minimum absolute atomic E-state index is 0.231. The highest BCUT2D eigenvalue weighted by Gasteiger charge is 1.98. The Balaban J connectivity index is 2.33. The molecular formula is C15H20O2. The van der Waals surface area contributed by atoms with Crippen molar-refractivity contribution in [1.82, 2.24) is 0 Å². The monoisotopic (exact) mass is 232 g/mol. The van der Waals surface area contributed by atoms with E-state index in [2.05, 4.69) is 6.58 Å². The number of rotatable bonds is 8. The van der Waals surface area contributed by atoms with Gasteiger partial charge >= 0.3 is 0 Å². The minimum atomic E-state index is 0.231. The first-order valence-electron chi connectivity index (χ1n) is 6.04. The molecule has 2 nitrogen and oxygen atoms in total. The Bertz CT molecular complexity index is 352. The lowest BCUT2D eigenvalue weighted by molar-refractivity contribution is -0.116. The summed E-state index contributed by atoms with van der Waals surface area (Å²) in [6.45, 7) is 6.01. The fraction of sp³-hybridized carbons (Fsp3) is 0.400. The zero-order valence-corrected chi connectivity index (χ0v) is 10.4. The van der Waals surface area contributed by atoms with Gasteiger partial charge in [0.2, 0.25) is 0 Å². The van der Waals surface area contributed by atoms with Crippen molar-refractivity contribution in [3.8, 4) is 5.75 Å². The molecular weight excluding hydrogens is 212 g/mol. The second-order valence-electron chi connectivity index (χ2n) is 4.13. The van der Waals surface area contributed by atoms with E-state index in [0.29, 0.717) is 6.42 Å². The summed E-state index contributed by atoms with van der Waals surface area (Å²) in [5.41, 5.74) is 1.18. The van der Waals surface area contributed by atoms with E-state index in [4.69, 9.17) is 4.74 Å². The predicted octanol–water partition coefficient (Wildman–Crippen LogP) is 3.55. The number of allylic oxidation sites excluding steroid dienone is 1. The Morgan fingerprint density at radius 3 is 2.65 bits per heavy atom. The summed E-state index contributed by atoms with van der Waals surface area (Å²) >= 11 is 0. The Labute approximate surface area is 103 Å². The van der Waals surface area contributed by atoms with Crippen LogP contribution in [0.25, 0.3) is 0 Å². The summed E-state index contributed by atoms with van der Waals surface area (Å²) in [5, 5.41) is 0. The third-order valence-electron chi connectivity index (χ3n) is 2.51. The first kappa shape index (κ1) is 13.5. The molecule has 1 rings (SSSR count). The van der Waals surface area contributed by atoms with Gasteiger partial charge in [0.25, 0.3) is 0 Å². The standard InChI is InChI=1S/C15H20O2/c1-3-4-5-12-17-15-10-8-14(9-11-15)7-6-13(2)16/h3,8-11H,1,4-7,12H2,2H3. The molecule has 0 fully saturated rings. The summed E-state index contributed by atoms with van der Waals surface area (Å²) in [5.74, 6) is 1.12. The van der Waals surface area contributed by atoms with Crippen LogP contribution in [-0.4, -0.2) is 12.4 Å². The molecule has 0 bridgehead atoms. The first-order valence-corrected chi connectivity index (χ1v) is 6.04. The molecule has 0 amide bonds. The number of aryl methyl sites for hydroxylation is 1. The maximum atomic E-state index is 10.9. The van der Waals surface area contributed by atoms with Crippen LogP contribution in [0.5, 0.6) is 5.75 Å². The molecule has 0 radical (unpaired) electrons. The van der Waals surface area contributed by atoms with Gasteiger partial charge in [-0.25, -0.2) is 0 Å². The third-order valence-corrected chi connectivity index (χ3v) is 2.51. The molecule has 0 heterocycles. The van der Waals surface area contributed by atoms with Crippen LogP contribution in [0.1, 0.15) is 31.7 Å². The van der Waals surface area contributed by atoms with Crippen molar-refractivity contribution >= 4 is 5.78 Å². The SMILES string of the molecule is C=CCCCOc1ccc(CCC(C)=O)cc1. The molecule has 0 saturated carbocycles. The molecule has 2 heteroatoms. The zero-order chi connectivity index (χ0) is 12.5. The number of carbonyl (C=O) groups is 1. The van der Waals surface area contributed by atoms with E-state index in [-0.39, 0.29) is 5.78 Å². The maximum absolute atomic E-state index is 10.9. The molecule has 0 saturated heterocycles. The van der Waals surface area contributed by atoms with Crippen LogP contribution in [0.4, 0.5) is 0 Å². The number of hydrogen-bond acceptors (Lipinski definition) is 2. The van der Waals surface area contributed by atoms with Gasteiger partial charge in [0.1, 0.15) is 11.5 Å². The van der Waals surface area contributed by atoms with Crippen LogP contribution in [0.15, 0.2) is 36.9 Å². The van der Waals surface area contributed by atoms with E-state index in [9.17, 15) is 4.79 Å². The van der Waals surface area contributed by atoms with Crippen molar-refractivity contribution in [2.24, 2.45) is 0 Å². The first-order chi connectivity index (χ1) is 8.22. The highest BCUT2D eigenvalue weighted by atomic mass is 16.5. The number of Topliss-reactive ketones (excluding diaryl/α,β-unsaturated/α-hetero) is 1. The number of ether oxygens (including phenoxy) is 1. The largest absolute Gasteiger partial charge is 0.494 e. The van der Waals surface area contributed by atoms with Gasteiger partial charge in [0.05, 0.1) is 6.61 Å². The normalized spacial score (nSPS) is 9.94. The average molecular weight is 232 g/mol. The van der Waals surface area contributed by atoms with Crippen molar-refractivity contribution in [2.75, 3.05) is 6.61 Å². The number of carbonyl (C=O) groups excluding carboxylic acids is 1. The van der Waals surface area contributed by atoms with Crippen LogP contribution in [-0.2, 0) is 11.2 Å². The van der Waals surface area contributed by atoms with Gasteiger partial charge < -0.3 is 9.53 Å². The van der Waals surface area contributed by atoms with Gasteiger partial charge in [-0.3, -0.25) is 0 Å². The minimum Gasteiger partial charge on any atom is -0.494 e. The number of hydrogen-bond donors (Lipinski definition) is 0. The molecule has 1 aromatic rings. The third kappa shape index (κ3) is 5.91. The van der Waals surface area contributed by atoms with Crippen LogP contribution in [0.3, 0.4) is 0 Å². The summed E-state index contributed by atoms with van der Waals surface area (Å²) < 4.78 is 5.57. The molecule has 0 N–H and O–H groups in total. The smallest absolute Gasteiger partial charge is 0.130 e. The molecule has 0 atom stereocenters. The van der Waals surface area contributed by atoms with Crippen molar-refractivity contribution in [2.45, 2.75) is 32.6 Å². The van der Waals surface area contributed by atoms with Crippen LogP contribution >= 0.6 is 0 Å². The molecule has 1 aromatic carbocycles. The topological polar surface area (TPSA) is 26.3 Å². The second kappa shape index (κ2) is 7.66. The molecule has 0 aromatic heterocycles. The van der Waals surface area contributed by atoms with E-state index < -0.39 is 0 Å². The summed E-state index contributed by atoms with van der Waals surface area (Å²) in [6.07, 6.45) is 5.30. The van der Waals surface area contributed by atoms with Gasteiger partial charge in [0, 0.05) is 6.42 Å². The van der Waals surface area contributed by atoms with E-state index in [1.165, 1.54) is 5.56 Å². The van der Waals surface area contributed by atoms with Gasteiger partial charge in [-0.15, -0.1) is 6.58 Å². The van der Waals surface area contributed by atoms with E-state index in [1.54, 1.807) is 6.92 Å². The van der Waals surface area contributed by atoms with Crippen LogP contribution < -0.4 is 4.74 Å². The Morgan fingerprint density at radius 1 is 1.35 bits per heavy atom. The lowest BCUT2D eigenvalue weighted by atomic mass is 10.1. The van der Waals surface area contributed by atoms with Gasteiger partial charge in [-0.2, -0.15) is 0 Å². The Kier molecular flexibility index (Phi) is 6.08. The average Bonchev–Trinajstić information content (AvgIpc) is 2.33. The Morgan fingerprint density at radius 2 is 2.06 bits per heavy atom. The van der Waals surface area contributed by atoms with Crippen LogP contribution in [0.2, 0.25) is 0 Å². The number of unbranched alkanes of at least 4 members (excludes halogenated alkanes) is 1. The lowest BCUT2D eigenvalue weighted by Gasteiger charge is -2.06. The molecule has 0 aliphatic carbocycles. The summed E-state index contributed by atoms with van der Waals surface area (Å²) in [6, 6.07) is 7.96. The van der Waals surface area contributed by atoms with Crippen molar-refractivity contribution in [3.63, 3.8) is 0 Å². The molecule has 0 unspecified atom stereocenters. The molecule has 0 aliphatic rings. The van der Waals surface area contributed by atoms with Crippen molar-refractivity contribution in [3.05, 3.63) is 42.5 Å². The van der Waals surface area contributed by atoms with E-state index in [0.717, 1.165) is 31.6 Å². The van der Waals surface area contributed by atoms with Crippen LogP contribution in [0, 0.1) is 0 Å².